The first-order valence-electron chi connectivity index (χ1n) is 3.31. The number of aliphatic hydroxyl groups is 2. The van der Waals surface area contributed by atoms with Crippen molar-refractivity contribution in [1.29, 1.82) is 0 Å². The number of aliphatic hydroxyl groups excluding tert-OH is 1. The summed E-state index contributed by atoms with van der Waals surface area (Å²) < 4.78 is 34.9. The SMILES string of the molecule is O=S(=O)(c1ccccc1F)C(O)O. The quantitative estimate of drug-likeness (QED) is 0.661. The summed E-state index contributed by atoms with van der Waals surface area (Å²) in [5.74, 6) is -1.00. The molecule has 0 aliphatic rings. The van der Waals surface area contributed by atoms with Crippen LogP contribution in [0.3, 0.4) is 0 Å². The Morgan fingerprint density at radius 3 is 2.23 bits per heavy atom. The molecule has 2 N–H and O–H groups in total. The summed E-state index contributed by atoms with van der Waals surface area (Å²) in [5, 5.41) is 16.9. The van der Waals surface area contributed by atoms with Gasteiger partial charge in [0.25, 0.3) is 5.62 Å². The number of hydrogen-bond donors (Lipinski definition) is 2. The summed E-state index contributed by atoms with van der Waals surface area (Å²) in [4.78, 5) is -0.718. The Morgan fingerprint density at radius 1 is 1.23 bits per heavy atom. The van der Waals surface area contributed by atoms with Crippen molar-refractivity contribution >= 4 is 9.84 Å². The lowest BCUT2D eigenvalue weighted by Crippen LogP contribution is -2.20. The van der Waals surface area contributed by atoms with Crippen LogP contribution in [0.4, 0.5) is 4.39 Å². The molecule has 0 amide bonds. The van der Waals surface area contributed by atoms with E-state index in [2.05, 4.69) is 0 Å². The molecule has 0 radical (unpaired) electrons. The van der Waals surface area contributed by atoms with E-state index in [0.29, 0.717) is 0 Å². The van der Waals surface area contributed by atoms with E-state index in [-0.39, 0.29) is 0 Å². The molecule has 72 valence electrons. The van der Waals surface area contributed by atoms with Crippen molar-refractivity contribution in [2.24, 2.45) is 0 Å². The lowest BCUT2D eigenvalue weighted by Gasteiger charge is -2.05. The normalized spacial score (nSPS) is 12.0. The first-order chi connectivity index (χ1) is 5.96. The van der Waals surface area contributed by atoms with Crippen LogP contribution in [-0.4, -0.2) is 24.3 Å². The number of benzene rings is 1. The van der Waals surface area contributed by atoms with Gasteiger partial charge in [0, 0.05) is 0 Å². The van der Waals surface area contributed by atoms with Gasteiger partial charge >= 0.3 is 0 Å². The molecule has 1 rings (SSSR count). The molecule has 0 saturated heterocycles. The van der Waals surface area contributed by atoms with Crippen molar-refractivity contribution in [3.63, 3.8) is 0 Å². The summed E-state index contributed by atoms with van der Waals surface area (Å²) in [7, 11) is -4.37. The average Bonchev–Trinajstić information content (AvgIpc) is 2.04. The maximum atomic E-state index is 12.8. The Kier molecular flexibility index (Phi) is 2.65. The second-order valence-corrected chi connectivity index (χ2v) is 4.25. The monoisotopic (exact) mass is 206 g/mol. The first kappa shape index (κ1) is 10.1. The highest BCUT2D eigenvalue weighted by Crippen LogP contribution is 2.16. The third-order valence-electron chi connectivity index (χ3n) is 1.42. The Morgan fingerprint density at radius 2 is 1.77 bits per heavy atom. The molecule has 0 saturated carbocycles. The molecule has 0 unspecified atom stereocenters. The van der Waals surface area contributed by atoms with Crippen LogP contribution in [0, 0.1) is 5.82 Å². The van der Waals surface area contributed by atoms with Gasteiger partial charge in [0.05, 0.1) is 0 Å². The van der Waals surface area contributed by atoms with E-state index in [1.54, 1.807) is 0 Å². The number of halogens is 1. The van der Waals surface area contributed by atoms with Crippen molar-refractivity contribution < 1.29 is 23.0 Å². The maximum absolute atomic E-state index is 12.8. The predicted octanol–water partition coefficient (Wildman–Crippen LogP) is -0.132. The van der Waals surface area contributed by atoms with Gasteiger partial charge in [-0.25, -0.2) is 12.8 Å². The number of sulfone groups is 1. The molecule has 0 atom stereocenters. The van der Waals surface area contributed by atoms with Crippen molar-refractivity contribution in [2.75, 3.05) is 0 Å². The van der Waals surface area contributed by atoms with Crippen molar-refractivity contribution in [3.8, 4) is 0 Å². The Balaban J connectivity index is 3.32. The minimum atomic E-state index is -4.37. The topological polar surface area (TPSA) is 74.6 Å². The zero-order chi connectivity index (χ0) is 10.1. The highest BCUT2D eigenvalue weighted by atomic mass is 32.2. The Bertz CT molecular complexity index is 399. The summed E-state index contributed by atoms with van der Waals surface area (Å²) in [6.45, 7) is 0. The maximum Gasteiger partial charge on any atom is 0.263 e. The van der Waals surface area contributed by atoms with Crippen LogP contribution in [0.1, 0.15) is 0 Å². The van der Waals surface area contributed by atoms with Gasteiger partial charge in [0.1, 0.15) is 10.7 Å². The highest BCUT2D eigenvalue weighted by molar-refractivity contribution is 7.91. The molecule has 0 bridgehead atoms. The standard InChI is InChI=1S/C7H7FO4S/c8-5-3-1-2-4-6(5)13(11,12)7(9)10/h1-4,7,9-10H. The molecule has 1 aromatic rings. The minimum absolute atomic E-state index is 0.718. The molecule has 0 aromatic heterocycles. The Labute approximate surface area is 74.2 Å². The van der Waals surface area contributed by atoms with Gasteiger partial charge in [0.15, 0.2) is 0 Å². The third kappa shape index (κ3) is 1.85. The zero-order valence-electron chi connectivity index (χ0n) is 6.38. The highest BCUT2D eigenvalue weighted by Gasteiger charge is 2.25. The van der Waals surface area contributed by atoms with Gasteiger partial charge in [-0.05, 0) is 12.1 Å². The van der Waals surface area contributed by atoms with Gasteiger partial charge in [-0.15, -0.1) is 0 Å². The lowest BCUT2D eigenvalue weighted by molar-refractivity contribution is 0.0308. The molecular weight excluding hydrogens is 199 g/mol. The van der Waals surface area contributed by atoms with Crippen molar-refractivity contribution in [2.45, 2.75) is 10.5 Å². The lowest BCUT2D eigenvalue weighted by atomic mass is 10.3. The van der Waals surface area contributed by atoms with E-state index in [1.165, 1.54) is 12.1 Å². The minimum Gasteiger partial charge on any atom is -0.356 e. The molecule has 0 heterocycles. The molecule has 13 heavy (non-hydrogen) atoms. The molecule has 0 fully saturated rings. The van der Waals surface area contributed by atoms with Gasteiger partial charge in [0.2, 0.25) is 9.84 Å². The van der Waals surface area contributed by atoms with E-state index >= 15 is 0 Å². The Hall–Kier alpha value is -0.980. The average molecular weight is 206 g/mol. The van der Waals surface area contributed by atoms with E-state index in [0.717, 1.165) is 12.1 Å². The summed E-state index contributed by atoms with van der Waals surface area (Å²) in [6, 6.07) is 4.48. The van der Waals surface area contributed by atoms with Crippen LogP contribution in [0.2, 0.25) is 0 Å². The van der Waals surface area contributed by atoms with Crippen LogP contribution in [-0.2, 0) is 9.84 Å². The largest absolute Gasteiger partial charge is 0.356 e. The van der Waals surface area contributed by atoms with Gasteiger partial charge in [-0.1, -0.05) is 12.1 Å². The van der Waals surface area contributed by atoms with Crippen LogP contribution < -0.4 is 0 Å². The fraction of sp³-hybridized carbons (Fsp3) is 0.143. The zero-order valence-corrected chi connectivity index (χ0v) is 7.20. The van der Waals surface area contributed by atoms with Gasteiger partial charge < -0.3 is 10.2 Å². The van der Waals surface area contributed by atoms with E-state index < -0.39 is 26.2 Å². The smallest absolute Gasteiger partial charge is 0.263 e. The molecule has 0 spiro atoms. The molecule has 6 heteroatoms. The fourth-order valence-corrected chi connectivity index (χ4v) is 1.62. The molecule has 0 aliphatic carbocycles. The fourth-order valence-electron chi connectivity index (χ4n) is 0.789. The van der Waals surface area contributed by atoms with Gasteiger partial charge in [-0.2, -0.15) is 0 Å². The summed E-state index contributed by atoms with van der Waals surface area (Å²) in [5.41, 5.74) is -2.59. The summed E-state index contributed by atoms with van der Waals surface area (Å²) >= 11 is 0. The first-order valence-corrected chi connectivity index (χ1v) is 4.85. The van der Waals surface area contributed by atoms with E-state index in [1.807, 2.05) is 0 Å². The van der Waals surface area contributed by atoms with Gasteiger partial charge in [-0.3, -0.25) is 0 Å². The molecule has 1 aromatic carbocycles. The molecule has 0 aliphatic heterocycles. The number of rotatable bonds is 2. The third-order valence-corrected chi connectivity index (χ3v) is 2.92. The van der Waals surface area contributed by atoms with Crippen LogP contribution >= 0.6 is 0 Å². The van der Waals surface area contributed by atoms with Crippen molar-refractivity contribution in [1.82, 2.24) is 0 Å². The van der Waals surface area contributed by atoms with Crippen LogP contribution in [0.15, 0.2) is 29.2 Å². The van der Waals surface area contributed by atoms with Crippen LogP contribution in [0.5, 0.6) is 0 Å². The second kappa shape index (κ2) is 3.41. The molecular formula is C7H7FO4S. The second-order valence-electron chi connectivity index (χ2n) is 2.30. The van der Waals surface area contributed by atoms with E-state index in [4.69, 9.17) is 10.2 Å². The molecule has 4 nitrogen and oxygen atoms in total. The van der Waals surface area contributed by atoms with Crippen molar-refractivity contribution in [3.05, 3.63) is 30.1 Å². The predicted molar refractivity (Wildman–Crippen MR) is 41.8 cm³/mol. The summed E-state index contributed by atoms with van der Waals surface area (Å²) in [6.07, 6.45) is 0. The van der Waals surface area contributed by atoms with Crippen LogP contribution in [0.25, 0.3) is 0 Å². The number of hydrogen-bond acceptors (Lipinski definition) is 4. The van der Waals surface area contributed by atoms with E-state index in [9.17, 15) is 12.8 Å².